The summed E-state index contributed by atoms with van der Waals surface area (Å²) in [5, 5.41) is 6.04. The average Bonchev–Trinajstić information content (AvgIpc) is 3.75. The van der Waals surface area contributed by atoms with Crippen molar-refractivity contribution >= 4 is 46.5 Å². The predicted octanol–water partition coefficient (Wildman–Crippen LogP) is 12.1. The van der Waals surface area contributed by atoms with Gasteiger partial charge in [-0.1, -0.05) is 0 Å². The Morgan fingerprint density at radius 3 is 1.31 bits per heavy atom. The van der Waals surface area contributed by atoms with E-state index in [4.69, 9.17) is 17.0 Å². The van der Waals surface area contributed by atoms with E-state index in [2.05, 4.69) is 163 Å². The molecule has 0 heterocycles. The molecule has 0 spiro atoms. The first kappa shape index (κ1) is 40.5. The molecule has 2 aliphatic rings. The number of allylic oxidation sites excluding steroid dienone is 2. The summed E-state index contributed by atoms with van der Waals surface area (Å²) in [5.74, 6) is 0. The molecule has 54 heavy (non-hydrogen) atoms. The number of hydrogen-bond acceptors (Lipinski definition) is 2. The minimum atomic E-state index is -6.02. The van der Waals surface area contributed by atoms with E-state index in [9.17, 15) is 9.59 Å². The number of hydrogen-bond donors (Lipinski definition) is 2. The second-order valence-electron chi connectivity index (χ2n) is 17.2. The first-order valence-electron chi connectivity index (χ1n) is 19.4. The fraction of sp³-hybridized carbons (Fsp3) is 0.348. The van der Waals surface area contributed by atoms with Gasteiger partial charge in [0.25, 0.3) is 0 Å². The number of nitrogens with one attached hydrogen (secondary N) is 2. The van der Waals surface area contributed by atoms with Crippen molar-refractivity contribution in [3.05, 3.63) is 129 Å². The molecule has 0 radical (unpaired) electrons. The molecule has 0 aromatic heterocycles. The number of benzene rings is 4. The molecule has 4 nitrogen and oxygen atoms in total. The molecule has 2 amide bonds. The van der Waals surface area contributed by atoms with Crippen LogP contribution in [-0.4, -0.2) is 17.3 Å². The van der Waals surface area contributed by atoms with Crippen molar-refractivity contribution in [2.75, 3.05) is 0 Å². The van der Waals surface area contributed by atoms with Gasteiger partial charge in [0.05, 0.1) is 0 Å². The maximum atomic E-state index is 12.7. The normalized spacial score (nSPS) is 17.4. The SMILES string of the molecule is CCCc1ccccc1-c1cccc2c1C=C(C(C)(C)C)[CH]2[Zr]([Cl])([Cl])([B](NC=O)NC=O)[CH]1C(C(C)(C)C)=Cc2c(-c3ccccc3CCC)cccc21. The van der Waals surface area contributed by atoms with E-state index < -0.39 is 27.9 Å². The minimum absolute atomic E-state index is 0.357. The molecule has 2 N–H and O–H groups in total. The van der Waals surface area contributed by atoms with Crippen LogP contribution in [0.15, 0.2) is 96.1 Å². The number of rotatable bonds is 13. The number of carbonyl (C=O) groups excluding carboxylic acids is 2. The summed E-state index contributed by atoms with van der Waals surface area (Å²) in [6, 6.07) is 30.3. The molecular weight excluding hydrogens is 785 g/mol. The molecule has 2 atom stereocenters. The molecule has 4 aromatic carbocycles. The van der Waals surface area contributed by atoms with E-state index in [0.29, 0.717) is 12.8 Å². The molecule has 0 aliphatic heterocycles. The molecular formula is C46H54BCl2N2O2Zr. The van der Waals surface area contributed by atoms with Crippen molar-refractivity contribution in [3.8, 4) is 22.3 Å². The van der Waals surface area contributed by atoms with Crippen LogP contribution in [0.3, 0.4) is 0 Å². The third kappa shape index (κ3) is 6.94. The number of carbonyl (C=O) groups is 2. The Balaban J connectivity index is 1.72. The summed E-state index contributed by atoms with van der Waals surface area (Å²) in [6.07, 6.45) is 9.92. The van der Waals surface area contributed by atoms with Gasteiger partial charge in [0.2, 0.25) is 0 Å². The summed E-state index contributed by atoms with van der Waals surface area (Å²) in [4.78, 5) is 25.3. The van der Waals surface area contributed by atoms with E-state index in [0.717, 1.165) is 70.2 Å². The summed E-state index contributed by atoms with van der Waals surface area (Å²) < 4.78 is -1.89. The van der Waals surface area contributed by atoms with Crippen LogP contribution < -0.4 is 10.5 Å². The summed E-state index contributed by atoms with van der Waals surface area (Å²) in [7, 11) is 17.6. The van der Waals surface area contributed by atoms with E-state index in [1.807, 2.05) is 0 Å². The first-order valence-corrected chi connectivity index (χ1v) is 30.0. The van der Waals surface area contributed by atoms with E-state index >= 15 is 0 Å². The van der Waals surface area contributed by atoms with Gasteiger partial charge in [0, 0.05) is 0 Å². The van der Waals surface area contributed by atoms with Crippen LogP contribution in [0.25, 0.3) is 34.4 Å². The number of aryl methyl sites for hydroxylation is 2. The van der Waals surface area contributed by atoms with E-state index in [1.165, 1.54) is 22.3 Å². The molecule has 0 saturated carbocycles. The van der Waals surface area contributed by atoms with Gasteiger partial charge in [-0.3, -0.25) is 0 Å². The van der Waals surface area contributed by atoms with Gasteiger partial charge in [0.1, 0.15) is 0 Å². The van der Waals surface area contributed by atoms with Gasteiger partial charge in [-0.05, 0) is 0 Å². The zero-order chi connectivity index (χ0) is 39.1. The van der Waals surface area contributed by atoms with Crippen LogP contribution in [0.2, 0.25) is 0 Å². The molecule has 281 valence electrons. The summed E-state index contributed by atoms with van der Waals surface area (Å²) in [5.41, 5.74) is 13.1. The Bertz CT molecular complexity index is 2000. The Labute approximate surface area is 331 Å². The number of fused-ring (bicyclic) bond motifs is 2. The second kappa shape index (κ2) is 15.4. The Morgan fingerprint density at radius 1 is 0.593 bits per heavy atom. The standard InChI is InChI=1S/2C22H25.C2H3BN2O2.2ClH.Zr/c2*1-5-9-16-10-6-7-12-19(16)20-13-8-11-17-14-18(15-21(17)20)22(2,3)4;6-1-4-3-5-2-7;;;/h2*6-8,10-15H,5,9H2,1-4H3;1-2H,(H-,4,5,6,7);2*1H;/q;;;;;+1/p-1. The summed E-state index contributed by atoms with van der Waals surface area (Å²) in [6.45, 7) is 17.7. The van der Waals surface area contributed by atoms with Crippen LogP contribution in [0.1, 0.15) is 109 Å². The van der Waals surface area contributed by atoms with Gasteiger partial charge >= 0.3 is 334 Å². The van der Waals surface area contributed by atoms with Gasteiger partial charge in [-0.2, -0.15) is 0 Å². The first-order chi connectivity index (χ1) is 25.6. The quantitative estimate of drug-likeness (QED) is 0.104. The van der Waals surface area contributed by atoms with Gasteiger partial charge in [0.15, 0.2) is 0 Å². The predicted molar refractivity (Wildman–Crippen MR) is 228 cm³/mol. The zero-order valence-electron chi connectivity index (χ0n) is 33.0. The van der Waals surface area contributed by atoms with Crippen molar-refractivity contribution < 1.29 is 25.8 Å². The third-order valence-corrected chi connectivity index (χ3v) is 31.4. The molecule has 0 bridgehead atoms. The van der Waals surface area contributed by atoms with Crippen LogP contribution in [0.5, 0.6) is 0 Å². The fourth-order valence-corrected chi connectivity index (χ4v) is 30.3. The third-order valence-electron chi connectivity index (χ3n) is 11.6. The van der Waals surface area contributed by atoms with Crippen molar-refractivity contribution in [2.45, 2.75) is 88.3 Å². The maximum absolute atomic E-state index is 12.7. The topological polar surface area (TPSA) is 58.2 Å². The van der Waals surface area contributed by atoms with Gasteiger partial charge in [-0.25, -0.2) is 0 Å². The van der Waals surface area contributed by atoms with Crippen LogP contribution in [0, 0.1) is 10.8 Å². The Morgan fingerprint density at radius 2 is 0.963 bits per heavy atom. The monoisotopic (exact) mass is 837 g/mol. The van der Waals surface area contributed by atoms with Crippen molar-refractivity contribution in [1.82, 2.24) is 10.5 Å². The Hall–Kier alpha value is -3.17. The van der Waals surface area contributed by atoms with E-state index in [1.54, 1.807) is 0 Å². The molecule has 0 fully saturated rings. The number of halogens is 2. The van der Waals surface area contributed by atoms with Crippen LogP contribution >= 0.6 is 17.0 Å². The molecule has 6 rings (SSSR count). The fourth-order valence-electron chi connectivity index (χ4n) is 9.31. The van der Waals surface area contributed by atoms with E-state index in [-0.39, 0.29) is 10.8 Å². The van der Waals surface area contributed by atoms with Crippen molar-refractivity contribution in [2.24, 2.45) is 10.8 Å². The summed E-state index contributed by atoms with van der Waals surface area (Å²) >= 11 is -6.02. The van der Waals surface area contributed by atoms with Crippen LogP contribution in [-0.2, 0) is 38.6 Å². The van der Waals surface area contributed by atoms with Gasteiger partial charge < -0.3 is 0 Å². The van der Waals surface area contributed by atoms with Crippen molar-refractivity contribution in [3.63, 3.8) is 0 Å². The zero-order valence-corrected chi connectivity index (χ0v) is 37.0. The molecule has 2 unspecified atom stereocenters. The average molecular weight is 840 g/mol. The Kier molecular flexibility index (Phi) is 11.5. The van der Waals surface area contributed by atoms with Gasteiger partial charge in [-0.15, -0.1) is 0 Å². The molecule has 0 saturated heterocycles. The molecule has 8 heteroatoms. The molecule has 2 aliphatic carbocycles. The second-order valence-corrected chi connectivity index (χ2v) is 38.6. The molecule has 4 aromatic rings. The van der Waals surface area contributed by atoms with Crippen molar-refractivity contribution in [1.29, 1.82) is 0 Å². The van der Waals surface area contributed by atoms with Crippen LogP contribution in [0.4, 0.5) is 0 Å². The number of amides is 2.